The van der Waals surface area contributed by atoms with Crippen LogP contribution in [0.2, 0.25) is 0 Å². The summed E-state index contributed by atoms with van der Waals surface area (Å²) in [6.07, 6.45) is 1.81. The molecule has 4 rings (SSSR count). The molecular weight excluding hydrogens is 416 g/mol. The first-order chi connectivity index (χ1) is 16.2. The second kappa shape index (κ2) is 10.6. The summed E-state index contributed by atoms with van der Waals surface area (Å²) in [5.41, 5.74) is 2.79. The molecule has 2 heterocycles. The van der Waals surface area contributed by atoms with Crippen molar-refractivity contribution < 1.29 is 14.3 Å². The van der Waals surface area contributed by atoms with E-state index in [1.54, 1.807) is 18.0 Å². The summed E-state index contributed by atoms with van der Waals surface area (Å²) < 4.78 is 5.13. The third kappa shape index (κ3) is 5.49. The van der Waals surface area contributed by atoms with Crippen molar-refractivity contribution in [1.29, 1.82) is 0 Å². The molecule has 0 bridgehead atoms. The number of benzene rings is 2. The molecular formula is C26H28N4O3. The maximum atomic E-state index is 13.4. The molecule has 1 atom stereocenters. The lowest BCUT2D eigenvalue weighted by atomic mass is 10.0. The van der Waals surface area contributed by atoms with E-state index in [9.17, 15) is 9.59 Å². The van der Waals surface area contributed by atoms with Crippen molar-refractivity contribution >= 4 is 23.5 Å². The zero-order valence-corrected chi connectivity index (χ0v) is 18.7. The standard InChI is InChI=1S/C26H28N4O3/c1-2-33-24(31)18-22(21-12-7-4-8-13-21)28-26(32)30-17-16-29(19-20-10-5-3-6-11-20)25-23(30)14-9-15-27-25/h3-15,22H,2,16-19H2,1H3,(H,28,32). The summed E-state index contributed by atoms with van der Waals surface area (Å²) >= 11 is 0. The van der Waals surface area contributed by atoms with Crippen LogP contribution < -0.4 is 15.1 Å². The number of carbonyl (C=O) groups is 2. The first kappa shape index (κ1) is 22.3. The minimum Gasteiger partial charge on any atom is -0.466 e. The van der Waals surface area contributed by atoms with Gasteiger partial charge in [-0.1, -0.05) is 60.7 Å². The van der Waals surface area contributed by atoms with Crippen molar-refractivity contribution in [3.63, 3.8) is 0 Å². The van der Waals surface area contributed by atoms with Gasteiger partial charge in [-0.3, -0.25) is 9.69 Å². The molecule has 7 heteroatoms. The fourth-order valence-corrected chi connectivity index (χ4v) is 4.01. The van der Waals surface area contributed by atoms with Crippen LogP contribution in [0.15, 0.2) is 79.0 Å². The van der Waals surface area contributed by atoms with Gasteiger partial charge >= 0.3 is 12.0 Å². The van der Waals surface area contributed by atoms with E-state index in [-0.39, 0.29) is 18.4 Å². The Hall–Kier alpha value is -3.87. The molecule has 0 saturated carbocycles. The van der Waals surface area contributed by atoms with Crippen LogP contribution in [0.1, 0.15) is 30.5 Å². The van der Waals surface area contributed by atoms with Gasteiger partial charge in [0.25, 0.3) is 0 Å². The van der Waals surface area contributed by atoms with Gasteiger partial charge in [0.2, 0.25) is 0 Å². The summed E-state index contributed by atoms with van der Waals surface area (Å²) in [6.45, 7) is 3.96. The largest absolute Gasteiger partial charge is 0.466 e. The molecule has 0 spiro atoms. The predicted molar refractivity (Wildman–Crippen MR) is 128 cm³/mol. The second-order valence-corrected chi connectivity index (χ2v) is 7.83. The number of hydrogen-bond donors (Lipinski definition) is 1. The van der Waals surface area contributed by atoms with Crippen LogP contribution in [0.3, 0.4) is 0 Å². The summed E-state index contributed by atoms with van der Waals surface area (Å²) in [6, 6.07) is 22.7. The van der Waals surface area contributed by atoms with E-state index < -0.39 is 6.04 Å². The van der Waals surface area contributed by atoms with E-state index in [2.05, 4.69) is 27.3 Å². The van der Waals surface area contributed by atoms with E-state index in [1.807, 2.05) is 60.7 Å². The second-order valence-electron chi connectivity index (χ2n) is 7.83. The molecule has 33 heavy (non-hydrogen) atoms. The zero-order chi connectivity index (χ0) is 23.0. The Morgan fingerprint density at radius 3 is 2.45 bits per heavy atom. The van der Waals surface area contributed by atoms with Crippen molar-refractivity contribution in [2.75, 3.05) is 29.5 Å². The maximum absolute atomic E-state index is 13.4. The highest BCUT2D eigenvalue weighted by atomic mass is 16.5. The lowest BCUT2D eigenvalue weighted by molar-refractivity contribution is -0.143. The molecule has 2 aromatic carbocycles. The first-order valence-electron chi connectivity index (χ1n) is 11.2. The molecule has 1 N–H and O–H groups in total. The van der Waals surface area contributed by atoms with Gasteiger partial charge in [-0.2, -0.15) is 0 Å². The van der Waals surface area contributed by atoms with E-state index in [4.69, 9.17) is 4.74 Å². The molecule has 7 nitrogen and oxygen atoms in total. The normalized spacial score (nSPS) is 13.7. The first-order valence-corrected chi connectivity index (χ1v) is 11.2. The number of nitrogens with zero attached hydrogens (tertiary/aromatic N) is 3. The van der Waals surface area contributed by atoms with Gasteiger partial charge in [-0.05, 0) is 30.2 Å². The Kier molecular flexibility index (Phi) is 7.19. The van der Waals surface area contributed by atoms with Crippen molar-refractivity contribution in [2.24, 2.45) is 0 Å². The minimum absolute atomic E-state index is 0.0669. The molecule has 0 saturated heterocycles. The number of esters is 1. The third-order valence-electron chi connectivity index (χ3n) is 5.59. The average Bonchev–Trinajstić information content (AvgIpc) is 2.85. The third-order valence-corrected chi connectivity index (χ3v) is 5.59. The molecule has 1 aliphatic heterocycles. The van der Waals surface area contributed by atoms with Crippen LogP contribution in [0.25, 0.3) is 0 Å². The fraction of sp³-hybridized carbons (Fsp3) is 0.269. The Morgan fingerprint density at radius 2 is 1.73 bits per heavy atom. The van der Waals surface area contributed by atoms with E-state index >= 15 is 0 Å². The molecule has 1 aromatic heterocycles. The number of pyridine rings is 1. The number of urea groups is 1. The molecule has 2 amide bonds. The number of hydrogen-bond acceptors (Lipinski definition) is 5. The Bertz CT molecular complexity index is 1080. The van der Waals surface area contributed by atoms with Gasteiger partial charge in [0.1, 0.15) is 0 Å². The molecule has 0 aliphatic carbocycles. The van der Waals surface area contributed by atoms with Gasteiger partial charge in [0.05, 0.1) is 24.8 Å². The Balaban J connectivity index is 1.53. The van der Waals surface area contributed by atoms with Crippen molar-refractivity contribution in [2.45, 2.75) is 25.9 Å². The Labute approximate surface area is 194 Å². The van der Waals surface area contributed by atoms with E-state index in [0.29, 0.717) is 19.7 Å². The molecule has 170 valence electrons. The van der Waals surface area contributed by atoms with Crippen molar-refractivity contribution in [1.82, 2.24) is 10.3 Å². The van der Waals surface area contributed by atoms with Crippen molar-refractivity contribution in [3.05, 3.63) is 90.1 Å². The van der Waals surface area contributed by atoms with Crippen molar-refractivity contribution in [3.8, 4) is 0 Å². The zero-order valence-electron chi connectivity index (χ0n) is 18.7. The number of anilines is 2. The SMILES string of the molecule is CCOC(=O)CC(NC(=O)N1CCN(Cc2ccccc2)c2ncccc21)c1ccccc1. The highest BCUT2D eigenvalue weighted by Crippen LogP contribution is 2.32. The molecule has 0 radical (unpaired) electrons. The van der Waals surface area contributed by atoms with E-state index in [1.165, 1.54) is 5.56 Å². The number of fused-ring (bicyclic) bond motifs is 1. The molecule has 0 fully saturated rings. The molecule has 1 aliphatic rings. The summed E-state index contributed by atoms with van der Waals surface area (Å²) in [5, 5.41) is 3.04. The van der Waals surface area contributed by atoms with Gasteiger partial charge < -0.3 is 15.0 Å². The van der Waals surface area contributed by atoms with E-state index in [0.717, 1.165) is 23.6 Å². The van der Waals surface area contributed by atoms with Gasteiger partial charge in [0, 0.05) is 25.8 Å². The monoisotopic (exact) mass is 444 g/mol. The summed E-state index contributed by atoms with van der Waals surface area (Å²) in [4.78, 5) is 34.0. The predicted octanol–water partition coefficient (Wildman–Crippen LogP) is 4.31. The lowest BCUT2D eigenvalue weighted by Gasteiger charge is -2.37. The number of amides is 2. The number of nitrogens with one attached hydrogen (secondary N) is 1. The highest BCUT2D eigenvalue weighted by molar-refractivity contribution is 5.96. The van der Waals surface area contributed by atoms with Crippen LogP contribution in [-0.2, 0) is 16.1 Å². The van der Waals surface area contributed by atoms with Gasteiger partial charge in [-0.15, -0.1) is 0 Å². The topological polar surface area (TPSA) is 74.8 Å². The highest BCUT2D eigenvalue weighted by Gasteiger charge is 2.30. The van der Waals surface area contributed by atoms with Gasteiger partial charge in [0.15, 0.2) is 5.82 Å². The lowest BCUT2D eigenvalue weighted by Crippen LogP contribution is -2.49. The van der Waals surface area contributed by atoms with Crippen LogP contribution in [0.5, 0.6) is 0 Å². The summed E-state index contributed by atoms with van der Waals surface area (Å²) in [5.74, 6) is 0.422. The van der Waals surface area contributed by atoms with Crippen LogP contribution >= 0.6 is 0 Å². The van der Waals surface area contributed by atoms with Gasteiger partial charge in [-0.25, -0.2) is 9.78 Å². The van der Waals surface area contributed by atoms with Crippen LogP contribution in [0.4, 0.5) is 16.3 Å². The number of rotatable bonds is 7. The molecule has 1 unspecified atom stereocenters. The number of aromatic nitrogens is 1. The average molecular weight is 445 g/mol. The molecule has 3 aromatic rings. The smallest absolute Gasteiger partial charge is 0.322 e. The Morgan fingerprint density at radius 1 is 1.00 bits per heavy atom. The number of carbonyl (C=O) groups excluding carboxylic acids is 2. The maximum Gasteiger partial charge on any atom is 0.322 e. The van der Waals surface area contributed by atoms with Crippen LogP contribution in [-0.4, -0.2) is 36.7 Å². The fourth-order valence-electron chi connectivity index (χ4n) is 4.01. The van der Waals surface area contributed by atoms with Crippen LogP contribution in [0, 0.1) is 0 Å². The number of ether oxygens (including phenoxy) is 1. The quantitative estimate of drug-likeness (QED) is 0.550. The minimum atomic E-state index is -0.486. The summed E-state index contributed by atoms with van der Waals surface area (Å²) in [7, 11) is 0.